The monoisotopic (exact) mass is 352 g/mol. The van der Waals surface area contributed by atoms with Crippen molar-refractivity contribution in [2.45, 2.75) is 4.90 Å². The van der Waals surface area contributed by atoms with Gasteiger partial charge in [0, 0.05) is 0 Å². The number of hydrogen-bond donors (Lipinski definition) is 1. The number of carboxylic acid groups (broad SMARTS) is 1. The summed E-state index contributed by atoms with van der Waals surface area (Å²) in [5, 5.41) is 9.00. The highest BCUT2D eigenvalue weighted by Gasteiger charge is 2.16. The maximum Gasteiger partial charge on any atom is 0.339 e. The second-order valence-electron chi connectivity index (χ2n) is 4.70. The van der Waals surface area contributed by atoms with Crippen LogP contribution >= 0.6 is 0 Å². The van der Waals surface area contributed by atoms with E-state index < -0.39 is 15.8 Å². The minimum absolute atomic E-state index is 0.00634. The maximum absolute atomic E-state index is 12.1. The van der Waals surface area contributed by atoms with Gasteiger partial charge in [-0.2, -0.15) is 4.89 Å². The molecule has 24 heavy (non-hydrogen) atoms. The van der Waals surface area contributed by atoms with Crippen molar-refractivity contribution in [3.63, 3.8) is 0 Å². The van der Waals surface area contributed by atoms with Crippen LogP contribution in [0.4, 0.5) is 0 Å². The summed E-state index contributed by atoms with van der Waals surface area (Å²) in [5.74, 6) is -0.917. The molecule has 2 aromatic carbocycles. The number of carboxylic acids is 1. The lowest BCUT2D eigenvalue weighted by atomic mass is 10.2. The third-order valence-electron chi connectivity index (χ3n) is 3.12. The predicted molar refractivity (Wildman–Crippen MR) is 85.0 cm³/mol. The molecule has 0 aliphatic carbocycles. The minimum atomic E-state index is -3.54. The number of benzene rings is 2. The molecule has 0 unspecified atom stereocenters. The third-order valence-corrected chi connectivity index (χ3v) is 4.81. The van der Waals surface area contributed by atoms with Crippen molar-refractivity contribution in [2.24, 2.45) is 0 Å². The standard InChI is InChI=1S/C16H16O7S/c1-21-12-6-8-13(9-7-12)24(19,20)11-10-22-23-15-5-3-2-4-14(15)16(17)18/h2-9H,10-11H2,1H3,(H,17,18). The maximum atomic E-state index is 12.1. The molecule has 0 atom stereocenters. The number of ether oxygens (including phenoxy) is 1. The molecule has 0 amide bonds. The number of methoxy groups -OCH3 is 1. The van der Waals surface area contributed by atoms with Crippen LogP contribution in [0.1, 0.15) is 10.4 Å². The molecule has 8 heteroatoms. The summed E-state index contributed by atoms with van der Waals surface area (Å²) in [6.07, 6.45) is 0. The fraction of sp³-hybridized carbons (Fsp3) is 0.188. The molecule has 0 radical (unpaired) electrons. The van der Waals surface area contributed by atoms with Crippen LogP contribution in [0, 0.1) is 0 Å². The second kappa shape index (κ2) is 7.80. The molecule has 7 nitrogen and oxygen atoms in total. The molecule has 0 aliphatic rings. The van der Waals surface area contributed by atoms with Crippen molar-refractivity contribution < 1.29 is 32.8 Å². The topological polar surface area (TPSA) is 99.1 Å². The molecule has 128 valence electrons. The van der Waals surface area contributed by atoms with Gasteiger partial charge in [0.15, 0.2) is 15.6 Å². The zero-order chi connectivity index (χ0) is 17.6. The van der Waals surface area contributed by atoms with Gasteiger partial charge in [0.2, 0.25) is 0 Å². The number of para-hydroxylation sites is 1. The van der Waals surface area contributed by atoms with Gasteiger partial charge in [0.25, 0.3) is 0 Å². The van der Waals surface area contributed by atoms with Crippen molar-refractivity contribution in [3.05, 3.63) is 54.1 Å². The van der Waals surface area contributed by atoms with E-state index in [1.54, 1.807) is 24.3 Å². The first-order valence-corrected chi connectivity index (χ1v) is 8.58. The number of sulfone groups is 1. The summed E-state index contributed by atoms with van der Waals surface area (Å²) in [5.41, 5.74) is -0.0736. The summed E-state index contributed by atoms with van der Waals surface area (Å²) < 4.78 is 29.3. The van der Waals surface area contributed by atoms with Crippen molar-refractivity contribution >= 4 is 15.8 Å². The zero-order valence-corrected chi connectivity index (χ0v) is 13.7. The molecule has 0 heterocycles. The highest BCUT2D eigenvalue weighted by Crippen LogP contribution is 2.19. The molecule has 0 aliphatic heterocycles. The van der Waals surface area contributed by atoms with Crippen LogP contribution in [0.5, 0.6) is 11.5 Å². The number of hydrogen-bond acceptors (Lipinski definition) is 6. The Hall–Kier alpha value is -2.58. The van der Waals surface area contributed by atoms with E-state index in [2.05, 4.69) is 0 Å². The van der Waals surface area contributed by atoms with E-state index in [9.17, 15) is 13.2 Å². The van der Waals surface area contributed by atoms with Crippen LogP contribution in [0.15, 0.2) is 53.4 Å². The summed E-state index contributed by atoms with van der Waals surface area (Å²) in [7, 11) is -2.05. The lowest BCUT2D eigenvalue weighted by molar-refractivity contribution is -0.201. The lowest BCUT2D eigenvalue weighted by Crippen LogP contribution is -2.14. The first kappa shape index (κ1) is 17.8. The van der Waals surface area contributed by atoms with Crippen molar-refractivity contribution in [2.75, 3.05) is 19.5 Å². The summed E-state index contributed by atoms with van der Waals surface area (Å²) in [6, 6.07) is 11.9. The Balaban J connectivity index is 1.92. The fourth-order valence-electron chi connectivity index (χ4n) is 1.87. The Bertz CT molecular complexity index is 797. The van der Waals surface area contributed by atoms with Crippen LogP contribution in [0.3, 0.4) is 0 Å². The largest absolute Gasteiger partial charge is 0.497 e. The smallest absolute Gasteiger partial charge is 0.339 e. The predicted octanol–water partition coefficient (Wildman–Crippen LogP) is 2.18. The third kappa shape index (κ3) is 4.46. The Morgan fingerprint density at radius 3 is 2.38 bits per heavy atom. The highest BCUT2D eigenvalue weighted by molar-refractivity contribution is 7.91. The molecular formula is C16H16O7S. The molecule has 0 spiro atoms. The molecule has 0 aromatic heterocycles. The highest BCUT2D eigenvalue weighted by atomic mass is 32.2. The van der Waals surface area contributed by atoms with E-state index in [1.165, 1.54) is 31.4 Å². The van der Waals surface area contributed by atoms with Crippen molar-refractivity contribution in [1.82, 2.24) is 0 Å². The Labute approximate surface area is 139 Å². The Morgan fingerprint density at radius 2 is 1.75 bits per heavy atom. The van der Waals surface area contributed by atoms with Gasteiger partial charge >= 0.3 is 5.97 Å². The Kier molecular flexibility index (Phi) is 5.78. The zero-order valence-electron chi connectivity index (χ0n) is 12.8. The first-order valence-electron chi connectivity index (χ1n) is 6.92. The summed E-state index contributed by atoms with van der Waals surface area (Å²) in [4.78, 5) is 20.9. The number of carbonyl (C=O) groups is 1. The average molecular weight is 352 g/mol. The molecule has 0 saturated heterocycles. The number of aromatic carboxylic acids is 1. The van der Waals surface area contributed by atoms with Gasteiger partial charge in [0.05, 0.1) is 17.8 Å². The van der Waals surface area contributed by atoms with Gasteiger partial charge in [-0.05, 0) is 36.4 Å². The quantitative estimate of drug-likeness (QED) is 0.441. The molecule has 1 N–H and O–H groups in total. The molecule has 0 bridgehead atoms. The Morgan fingerprint density at radius 1 is 1.08 bits per heavy atom. The van der Waals surface area contributed by atoms with Gasteiger partial charge in [0.1, 0.15) is 17.9 Å². The van der Waals surface area contributed by atoms with Gasteiger partial charge in [-0.25, -0.2) is 13.2 Å². The van der Waals surface area contributed by atoms with Crippen LogP contribution < -0.4 is 9.62 Å². The van der Waals surface area contributed by atoms with Crippen molar-refractivity contribution in [1.29, 1.82) is 0 Å². The minimum Gasteiger partial charge on any atom is -0.497 e. The van der Waals surface area contributed by atoms with Gasteiger partial charge in [-0.1, -0.05) is 12.1 Å². The molecule has 0 saturated carbocycles. The second-order valence-corrected chi connectivity index (χ2v) is 6.81. The van der Waals surface area contributed by atoms with Crippen LogP contribution in [0.2, 0.25) is 0 Å². The summed E-state index contributed by atoms with van der Waals surface area (Å²) in [6.45, 7) is -0.248. The van der Waals surface area contributed by atoms with Gasteiger partial charge in [-0.15, -0.1) is 0 Å². The van der Waals surface area contributed by atoms with E-state index in [1.807, 2.05) is 0 Å². The van der Waals surface area contributed by atoms with E-state index in [-0.39, 0.29) is 28.6 Å². The summed E-state index contributed by atoms with van der Waals surface area (Å²) >= 11 is 0. The van der Waals surface area contributed by atoms with E-state index >= 15 is 0 Å². The molecule has 2 rings (SSSR count). The first-order chi connectivity index (χ1) is 11.4. The van der Waals surface area contributed by atoms with Crippen LogP contribution in [-0.4, -0.2) is 39.0 Å². The molecular weight excluding hydrogens is 336 g/mol. The van der Waals surface area contributed by atoms with E-state index in [0.29, 0.717) is 5.75 Å². The molecule has 2 aromatic rings. The SMILES string of the molecule is COc1ccc(S(=O)(=O)CCOOc2ccccc2C(=O)O)cc1. The van der Waals surface area contributed by atoms with E-state index in [4.69, 9.17) is 19.6 Å². The van der Waals surface area contributed by atoms with Gasteiger partial charge in [-0.3, -0.25) is 0 Å². The molecule has 0 fully saturated rings. The van der Waals surface area contributed by atoms with Gasteiger partial charge < -0.3 is 14.7 Å². The fourth-order valence-corrected chi connectivity index (χ4v) is 2.94. The average Bonchev–Trinajstić information content (AvgIpc) is 2.59. The lowest BCUT2D eigenvalue weighted by Gasteiger charge is -2.08. The normalized spacial score (nSPS) is 11.0. The van der Waals surface area contributed by atoms with E-state index in [0.717, 1.165) is 0 Å². The van der Waals surface area contributed by atoms with Crippen LogP contribution in [0.25, 0.3) is 0 Å². The van der Waals surface area contributed by atoms with Crippen molar-refractivity contribution in [3.8, 4) is 11.5 Å². The van der Waals surface area contributed by atoms with Crippen LogP contribution in [-0.2, 0) is 14.7 Å². The number of rotatable bonds is 8.